The standard InChI is InChI=1S/C20H25N3/c1-15(2)16-8-10-17(11-9-16)20-14-18(12-13-21)22-23(20)19-6-4-3-5-7-19/h3-11,15,20H,12-14,21H2,1-2H3. The molecule has 3 rings (SSSR count). The van der Waals surface area contributed by atoms with Gasteiger partial charge in [-0.3, -0.25) is 5.01 Å². The number of nitrogens with zero attached hydrogens (tertiary/aromatic N) is 2. The highest BCUT2D eigenvalue weighted by molar-refractivity contribution is 5.89. The third-order valence-corrected chi connectivity index (χ3v) is 4.41. The van der Waals surface area contributed by atoms with Crippen molar-refractivity contribution >= 4 is 11.4 Å². The molecule has 0 saturated heterocycles. The van der Waals surface area contributed by atoms with Crippen LogP contribution in [0.15, 0.2) is 59.7 Å². The van der Waals surface area contributed by atoms with Crippen molar-refractivity contribution in [1.29, 1.82) is 0 Å². The maximum absolute atomic E-state index is 5.73. The molecule has 2 aromatic rings. The smallest absolute Gasteiger partial charge is 0.0828 e. The fraction of sp³-hybridized carbons (Fsp3) is 0.350. The van der Waals surface area contributed by atoms with Crippen molar-refractivity contribution in [3.8, 4) is 0 Å². The van der Waals surface area contributed by atoms with Crippen molar-refractivity contribution in [2.24, 2.45) is 10.8 Å². The number of hydrogen-bond acceptors (Lipinski definition) is 3. The van der Waals surface area contributed by atoms with Gasteiger partial charge in [0.2, 0.25) is 0 Å². The van der Waals surface area contributed by atoms with Crippen molar-refractivity contribution in [1.82, 2.24) is 0 Å². The van der Waals surface area contributed by atoms with Crippen molar-refractivity contribution < 1.29 is 0 Å². The molecule has 0 spiro atoms. The minimum Gasteiger partial charge on any atom is -0.330 e. The summed E-state index contributed by atoms with van der Waals surface area (Å²) in [5.41, 5.74) is 10.7. The Morgan fingerprint density at radius 2 is 1.78 bits per heavy atom. The maximum Gasteiger partial charge on any atom is 0.0828 e. The molecule has 1 unspecified atom stereocenters. The first kappa shape index (κ1) is 15.8. The molecule has 0 radical (unpaired) electrons. The van der Waals surface area contributed by atoms with E-state index in [2.05, 4.69) is 67.4 Å². The van der Waals surface area contributed by atoms with Crippen molar-refractivity contribution in [2.45, 2.75) is 38.6 Å². The SMILES string of the molecule is CC(C)c1ccc(C2CC(CCN)=NN2c2ccccc2)cc1. The first-order chi connectivity index (χ1) is 11.2. The van der Waals surface area contributed by atoms with Crippen LogP contribution in [0.5, 0.6) is 0 Å². The maximum atomic E-state index is 5.73. The lowest BCUT2D eigenvalue weighted by molar-refractivity contribution is 0.706. The van der Waals surface area contributed by atoms with E-state index in [1.54, 1.807) is 0 Å². The van der Waals surface area contributed by atoms with Gasteiger partial charge in [-0.15, -0.1) is 0 Å². The van der Waals surface area contributed by atoms with Gasteiger partial charge in [0.15, 0.2) is 0 Å². The molecule has 120 valence electrons. The van der Waals surface area contributed by atoms with Crippen LogP contribution in [0.4, 0.5) is 5.69 Å². The third kappa shape index (κ3) is 3.45. The second-order valence-corrected chi connectivity index (χ2v) is 6.43. The van der Waals surface area contributed by atoms with Crippen LogP contribution < -0.4 is 10.7 Å². The first-order valence-corrected chi connectivity index (χ1v) is 8.39. The zero-order chi connectivity index (χ0) is 16.2. The molecule has 23 heavy (non-hydrogen) atoms. The minimum absolute atomic E-state index is 0.264. The molecule has 0 aliphatic carbocycles. The Hall–Kier alpha value is -2.13. The number of benzene rings is 2. The van der Waals surface area contributed by atoms with Crippen LogP contribution in [0.3, 0.4) is 0 Å². The molecule has 3 heteroatoms. The number of rotatable bonds is 5. The van der Waals surface area contributed by atoms with E-state index >= 15 is 0 Å². The fourth-order valence-electron chi connectivity index (χ4n) is 3.07. The van der Waals surface area contributed by atoms with Crippen molar-refractivity contribution in [2.75, 3.05) is 11.6 Å². The number of anilines is 1. The monoisotopic (exact) mass is 307 g/mol. The van der Waals surface area contributed by atoms with Gasteiger partial charge in [-0.1, -0.05) is 56.3 Å². The van der Waals surface area contributed by atoms with Gasteiger partial charge < -0.3 is 5.73 Å². The van der Waals surface area contributed by atoms with E-state index in [1.807, 2.05) is 6.07 Å². The van der Waals surface area contributed by atoms with Gasteiger partial charge in [0.05, 0.1) is 11.7 Å². The summed E-state index contributed by atoms with van der Waals surface area (Å²) in [6.07, 6.45) is 1.82. The van der Waals surface area contributed by atoms with Gasteiger partial charge in [0, 0.05) is 12.1 Å². The highest BCUT2D eigenvalue weighted by Gasteiger charge is 2.28. The Balaban J connectivity index is 1.90. The quantitative estimate of drug-likeness (QED) is 0.885. The molecule has 1 heterocycles. The van der Waals surface area contributed by atoms with Crippen LogP contribution in [0.2, 0.25) is 0 Å². The van der Waals surface area contributed by atoms with Crippen LogP contribution in [0.1, 0.15) is 49.8 Å². The van der Waals surface area contributed by atoms with Gasteiger partial charge in [0.25, 0.3) is 0 Å². The van der Waals surface area contributed by atoms with Gasteiger partial charge in [0.1, 0.15) is 0 Å². The molecule has 2 aromatic carbocycles. The van der Waals surface area contributed by atoms with Crippen LogP contribution in [0, 0.1) is 0 Å². The molecule has 0 fully saturated rings. The summed E-state index contributed by atoms with van der Waals surface area (Å²) in [5.74, 6) is 0.557. The molecule has 2 N–H and O–H groups in total. The predicted octanol–water partition coefficient (Wildman–Crippen LogP) is 4.47. The van der Waals surface area contributed by atoms with E-state index < -0.39 is 0 Å². The number of para-hydroxylation sites is 1. The molecule has 3 nitrogen and oxygen atoms in total. The zero-order valence-corrected chi connectivity index (χ0v) is 13.9. The van der Waals surface area contributed by atoms with E-state index in [0.717, 1.165) is 18.5 Å². The molecule has 0 saturated carbocycles. The minimum atomic E-state index is 0.264. The number of hydrazone groups is 1. The van der Waals surface area contributed by atoms with E-state index in [4.69, 9.17) is 10.8 Å². The summed E-state index contributed by atoms with van der Waals surface area (Å²) in [5, 5.41) is 6.98. The Bertz CT molecular complexity index is 659. The average Bonchev–Trinajstić information content (AvgIpc) is 3.00. The van der Waals surface area contributed by atoms with E-state index in [9.17, 15) is 0 Å². The molecule has 0 amide bonds. The first-order valence-electron chi connectivity index (χ1n) is 8.39. The number of hydrogen-bond donors (Lipinski definition) is 1. The summed E-state index contributed by atoms with van der Waals surface area (Å²) in [4.78, 5) is 0. The Kier molecular flexibility index (Phi) is 4.77. The molecular weight excluding hydrogens is 282 g/mol. The molecule has 0 bridgehead atoms. The highest BCUT2D eigenvalue weighted by atomic mass is 15.5. The third-order valence-electron chi connectivity index (χ3n) is 4.41. The molecule has 1 atom stereocenters. The normalized spacial score (nSPS) is 17.7. The molecule has 0 aromatic heterocycles. The number of nitrogens with two attached hydrogens (primary N) is 1. The lowest BCUT2D eigenvalue weighted by Gasteiger charge is -2.24. The van der Waals surface area contributed by atoms with Gasteiger partial charge >= 0.3 is 0 Å². The topological polar surface area (TPSA) is 41.6 Å². The molecule has 1 aliphatic rings. The Morgan fingerprint density at radius 3 is 2.39 bits per heavy atom. The van der Waals surface area contributed by atoms with Crippen LogP contribution in [-0.2, 0) is 0 Å². The average molecular weight is 307 g/mol. The Morgan fingerprint density at radius 1 is 1.09 bits per heavy atom. The van der Waals surface area contributed by atoms with Crippen LogP contribution in [-0.4, -0.2) is 12.3 Å². The lowest BCUT2D eigenvalue weighted by atomic mass is 9.96. The molecular formula is C20H25N3. The van der Waals surface area contributed by atoms with Crippen LogP contribution in [0.25, 0.3) is 0 Å². The predicted molar refractivity (Wildman–Crippen MR) is 97.9 cm³/mol. The van der Waals surface area contributed by atoms with E-state index in [0.29, 0.717) is 12.5 Å². The summed E-state index contributed by atoms with van der Waals surface area (Å²) in [7, 11) is 0. The lowest BCUT2D eigenvalue weighted by Crippen LogP contribution is -2.18. The summed E-state index contributed by atoms with van der Waals surface area (Å²) < 4.78 is 0. The largest absolute Gasteiger partial charge is 0.330 e. The van der Waals surface area contributed by atoms with Gasteiger partial charge in [-0.25, -0.2) is 0 Å². The van der Waals surface area contributed by atoms with Gasteiger partial charge in [-0.05, 0) is 42.1 Å². The van der Waals surface area contributed by atoms with Gasteiger partial charge in [-0.2, -0.15) is 5.10 Å². The van der Waals surface area contributed by atoms with E-state index in [1.165, 1.54) is 16.8 Å². The summed E-state index contributed by atoms with van der Waals surface area (Å²) in [6, 6.07) is 19.6. The molecule has 1 aliphatic heterocycles. The zero-order valence-electron chi connectivity index (χ0n) is 13.9. The van der Waals surface area contributed by atoms with Crippen molar-refractivity contribution in [3.05, 3.63) is 65.7 Å². The second kappa shape index (κ2) is 6.97. The highest BCUT2D eigenvalue weighted by Crippen LogP contribution is 2.36. The second-order valence-electron chi connectivity index (χ2n) is 6.43. The Labute approximate surface area is 138 Å². The van der Waals surface area contributed by atoms with Crippen LogP contribution >= 0.6 is 0 Å². The summed E-state index contributed by atoms with van der Waals surface area (Å²) >= 11 is 0. The van der Waals surface area contributed by atoms with E-state index in [-0.39, 0.29) is 6.04 Å². The van der Waals surface area contributed by atoms with Crippen molar-refractivity contribution in [3.63, 3.8) is 0 Å². The summed E-state index contributed by atoms with van der Waals surface area (Å²) in [6.45, 7) is 5.10. The fourth-order valence-corrected chi connectivity index (χ4v) is 3.07.